The summed E-state index contributed by atoms with van der Waals surface area (Å²) in [5, 5.41) is 0. The van der Waals surface area contributed by atoms with Crippen molar-refractivity contribution in [1.29, 1.82) is 0 Å². The van der Waals surface area contributed by atoms with Gasteiger partial charge >= 0.3 is 0 Å². The van der Waals surface area contributed by atoms with Crippen molar-refractivity contribution in [2.45, 2.75) is 20.8 Å². The summed E-state index contributed by atoms with van der Waals surface area (Å²) in [6, 6.07) is 3.55. The maximum Gasteiger partial charge on any atom is 0.255 e. The summed E-state index contributed by atoms with van der Waals surface area (Å²) in [5.41, 5.74) is 0.725. The van der Waals surface area contributed by atoms with E-state index < -0.39 is 0 Å². The number of pyridine rings is 1. The maximum absolute atomic E-state index is 12.0. The number of amides is 1. The van der Waals surface area contributed by atoms with Crippen molar-refractivity contribution in [1.82, 2.24) is 9.88 Å². The van der Waals surface area contributed by atoms with Crippen molar-refractivity contribution in [3.63, 3.8) is 0 Å². The molecule has 0 bridgehead atoms. The van der Waals surface area contributed by atoms with Crippen LogP contribution in [0.4, 0.5) is 0 Å². The number of carbonyl (C=O) groups excluding carboxylic acids is 1. The van der Waals surface area contributed by atoms with E-state index in [9.17, 15) is 4.79 Å². The third kappa shape index (κ3) is 3.93. The smallest absolute Gasteiger partial charge is 0.255 e. The van der Waals surface area contributed by atoms with Crippen LogP contribution in [-0.2, 0) is 0 Å². The highest BCUT2D eigenvalue weighted by molar-refractivity contribution is 9.10. The Morgan fingerprint density at radius 3 is 2.50 bits per heavy atom. The first-order chi connectivity index (χ1) is 7.29. The van der Waals surface area contributed by atoms with Gasteiger partial charge in [-0.05, 0) is 33.5 Å². The maximum atomic E-state index is 12.0. The summed E-state index contributed by atoms with van der Waals surface area (Å²) in [6.07, 6.45) is 1.59. The van der Waals surface area contributed by atoms with E-state index in [1.807, 2.05) is 7.05 Å². The zero-order chi connectivity index (χ0) is 12.3. The van der Waals surface area contributed by atoms with Crippen LogP contribution >= 0.6 is 15.9 Å². The molecule has 1 amide bonds. The fourth-order valence-corrected chi connectivity index (χ4v) is 1.74. The molecule has 0 aliphatic rings. The van der Waals surface area contributed by atoms with Gasteiger partial charge in [0.25, 0.3) is 5.91 Å². The molecule has 4 heteroatoms. The van der Waals surface area contributed by atoms with Gasteiger partial charge in [-0.2, -0.15) is 0 Å². The molecule has 0 saturated carbocycles. The van der Waals surface area contributed by atoms with Gasteiger partial charge in [0.15, 0.2) is 0 Å². The van der Waals surface area contributed by atoms with Crippen molar-refractivity contribution in [2.75, 3.05) is 13.6 Å². The Morgan fingerprint density at radius 1 is 1.44 bits per heavy atom. The van der Waals surface area contributed by atoms with Crippen molar-refractivity contribution in [3.05, 3.63) is 28.5 Å². The highest BCUT2D eigenvalue weighted by Crippen LogP contribution is 2.16. The minimum atomic E-state index is 0.00919. The van der Waals surface area contributed by atoms with Crippen LogP contribution in [0.3, 0.4) is 0 Å². The van der Waals surface area contributed by atoms with Crippen LogP contribution in [0, 0.1) is 5.41 Å². The zero-order valence-corrected chi connectivity index (χ0v) is 11.7. The first-order valence-electron chi connectivity index (χ1n) is 5.16. The third-order valence-electron chi connectivity index (χ3n) is 2.03. The molecule has 1 heterocycles. The zero-order valence-electron chi connectivity index (χ0n) is 10.1. The lowest BCUT2D eigenvalue weighted by Gasteiger charge is -2.26. The Hall–Kier alpha value is -0.900. The van der Waals surface area contributed by atoms with Crippen LogP contribution in [0.1, 0.15) is 31.1 Å². The molecule has 88 valence electrons. The standard InChI is InChI=1S/C12H17BrN2O/c1-12(2,3)8-15(4)11(16)9-5-6-10(13)14-7-9/h5-7H,8H2,1-4H3. The lowest BCUT2D eigenvalue weighted by Crippen LogP contribution is -2.34. The van der Waals surface area contributed by atoms with Gasteiger partial charge in [-0.3, -0.25) is 4.79 Å². The van der Waals surface area contributed by atoms with E-state index in [1.54, 1.807) is 23.2 Å². The van der Waals surface area contributed by atoms with Gasteiger partial charge in [0.1, 0.15) is 4.60 Å². The summed E-state index contributed by atoms with van der Waals surface area (Å²) in [6.45, 7) is 7.05. The molecule has 0 spiro atoms. The number of rotatable bonds is 2. The third-order valence-corrected chi connectivity index (χ3v) is 2.50. The molecule has 16 heavy (non-hydrogen) atoms. The van der Waals surface area contributed by atoms with E-state index in [2.05, 4.69) is 41.7 Å². The van der Waals surface area contributed by atoms with Gasteiger partial charge in [-0.25, -0.2) is 4.98 Å². The quantitative estimate of drug-likeness (QED) is 0.783. The monoisotopic (exact) mass is 284 g/mol. The predicted molar refractivity (Wildman–Crippen MR) is 68.4 cm³/mol. The Kier molecular flexibility index (Phi) is 4.08. The molecular formula is C12H17BrN2O. The molecule has 1 aromatic rings. The SMILES string of the molecule is CN(CC(C)(C)C)C(=O)c1ccc(Br)nc1. The molecule has 0 radical (unpaired) electrons. The van der Waals surface area contributed by atoms with Crippen LogP contribution < -0.4 is 0 Å². The van der Waals surface area contributed by atoms with E-state index in [0.717, 1.165) is 11.1 Å². The fraction of sp³-hybridized carbons (Fsp3) is 0.500. The van der Waals surface area contributed by atoms with Gasteiger partial charge in [0.2, 0.25) is 0 Å². The average Bonchev–Trinajstić information content (AvgIpc) is 2.15. The lowest BCUT2D eigenvalue weighted by atomic mass is 9.96. The van der Waals surface area contributed by atoms with E-state index in [1.165, 1.54) is 0 Å². The number of hydrogen-bond donors (Lipinski definition) is 0. The summed E-state index contributed by atoms with van der Waals surface area (Å²) in [5.74, 6) is 0.00919. The largest absolute Gasteiger partial charge is 0.341 e. The average molecular weight is 285 g/mol. The molecule has 0 fully saturated rings. The molecule has 0 unspecified atom stereocenters. The summed E-state index contributed by atoms with van der Waals surface area (Å²) >= 11 is 3.24. The Balaban J connectivity index is 2.74. The summed E-state index contributed by atoms with van der Waals surface area (Å²) in [7, 11) is 1.82. The van der Waals surface area contributed by atoms with E-state index in [4.69, 9.17) is 0 Å². The first-order valence-corrected chi connectivity index (χ1v) is 5.96. The van der Waals surface area contributed by atoms with E-state index in [0.29, 0.717) is 5.56 Å². The molecule has 0 aromatic carbocycles. The van der Waals surface area contributed by atoms with E-state index >= 15 is 0 Å². The van der Waals surface area contributed by atoms with Gasteiger partial charge in [-0.15, -0.1) is 0 Å². The first kappa shape index (κ1) is 13.2. The second-order valence-electron chi connectivity index (χ2n) is 5.09. The van der Waals surface area contributed by atoms with E-state index in [-0.39, 0.29) is 11.3 Å². The molecule has 1 rings (SSSR count). The molecule has 0 saturated heterocycles. The Bertz CT molecular complexity index is 368. The normalized spacial score (nSPS) is 11.3. The van der Waals surface area contributed by atoms with Crippen LogP contribution in [0.25, 0.3) is 0 Å². The highest BCUT2D eigenvalue weighted by atomic mass is 79.9. The van der Waals surface area contributed by atoms with Crippen LogP contribution in [-0.4, -0.2) is 29.4 Å². The van der Waals surface area contributed by atoms with Gasteiger partial charge in [0, 0.05) is 19.8 Å². The van der Waals surface area contributed by atoms with Crippen molar-refractivity contribution < 1.29 is 4.79 Å². The van der Waals surface area contributed by atoms with Crippen molar-refractivity contribution in [3.8, 4) is 0 Å². The number of carbonyl (C=O) groups is 1. The van der Waals surface area contributed by atoms with Crippen LogP contribution in [0.2, 0.25) is 0 Å². The topological polar surface area (TPSA) is 33.2 Å². The van der Waals surface area contributed by atoms with Crippen LogP contribution in [0.15, 0.2) is 22.9 Å². The molecule has 0 aliphatic carbocycles. The molecule has 0 aliphatic heterocycles. The van der Waals surface area contributed by atoms with Crippen molar-refractivity contribution in [2.24, 2.45) is 5.41 Å². The number of aromatic nitrogens is 1. The second-order valence-corrected chi connectivity index (χ2v) is 5.90. The summed E-state index contributed by atoms with van der Waals surface area (Å²) in [4.78, 5) is 17.8. The predicted octanol–water partition coefficient (Wildman–Crippen LogP) is 2.96. The minimum absolute atomic E-state index is 0.00919. The molecular weight excluding hydrogens is 268 g/mol. The number of halogens is 1. The Labute approximate surface area is 105 Å². The summed E-state index contributed by atoms with van der Waals surface area (Å²) < 4.78 is 0.738. The van der Waals surface area contributed by atoms with Gasteiger partial charge in [0.05, 0.1) is 5.56 Å². The Morgan fingerprint density at radius 2 is 2.06 bits per heavy atom. The minimum Gasteiger partial charge on any atom is -0.341 e. The number of nitrogens with zero attached hydrogens (tertiary/aromatic N) is 2. The fourth-order valence-electron chi connectivity index (χ4n) is 1.51. The van der Waals surface area contributed by atoms with Gasteiger partial charge < -0.3 is 4.90 Å². The van der Waals surface area contributed by atoms with Crippen molar-refractivity contribution >= 4 is 21.8 Å². The highest BCUT2D eigenvalue weighted by Gasteiger charge is 2.18. The molecule has 3 nitrogen and oxygen atoms in total. The molecule has 0 N–H and O–H groups in total. The second kappa shape index (κ2) is 4.95. The molecule has 1 aromatic heterocycles. The molecule has 0 atom stereocenters. The van der Waals surface area contributed by atoms with Crippen LogP contribution in [0.5, 0.6) is 0 Å². The lowest BCUT2D eigenvalue weighted by molar-refractivity contribution is 0.0745. The number of hydrogen-bond acceptors (Lipinski definition) is 2. The van der Waals surface area contributed by atoms with Gasteiger partial charge in [-0.1, -0.05) is 20.8 Å².